The number of rotatable bonds is 3. The predicted molar refractivity (Wildman–Crippen MR) is 46.2 cm³/mol. The fraction of sp³-hybridized carbons (Fsp3) is 0.125. The Morgan fingerprint density at radius 3 is 2.42 bits per heavy atom. The van der Waals surface area contributed by atoms with Crippen molar-refractivity contribution in [2.45, 2.75) is 5.50 Å². The number of hydrogen-bond donors (Lipinski definition) is 0. The van der Waals surface area contributed by atoms with E-state index in [0.29, 0.717) is 5.56 Å². The normalized spacial score (nSPS) is 12.1. The summed E-state index contributed by atoms with van der Waals surface area (Å²) in [7, 11) is 0. The molecule has 0 aliphatic rings. The van der Waals surface area contributed by atoms with E-state index < -0.39 is 11.3 Å². The molecule has 0 aromatic heterocycles. The van der Waals surface area contributed by atoms with E-state index in [9.17, 15) is 9.70 Å². The van der Waals surface area contributed by atoms with E-state index in [1.165, 1.54) is 0 Å². The number of benzene rings is 1. The molecule has 0 saturated heterocycles. The summed E-state index contributed by atoms with van der Waals surface area (Å²) in [6, 6.07) is 8.34. The Bertz CT molecular complexity index is 286. The lowest BCUT2D eigenvalue weighted by atomic mass is 10.1. The molecule has 0 fully saturated rings. The first kappa shape index (κ1) is 8.87. The van der Waals surface area contributed by atoms with Crippen LogP contribution in [-0.4, -0.2) is 11.3 Å². The maximum atomic E-state index is 11.2. The van der Waals surface area contributed by atoms with Crippen LogP contribution in [0.15, 0.2) is 35.5 Å². The van der Waals surface area contributed by atoms with Crippen molar-refractivity contribution in [1.29, 1.82) is 0 Å². The van der Waals surface area contributed by atoms with Gasteiger partial charge in [-0.1, -0.05) is 41.9 Å². The molecule has 1 rings (SSSR count). The minimum Gasteiger partial charge on any atom is -0.290 e. The fourth-order valence-electron chi connectivity index (χ4n) is 0.788. The standard InChI is InChI=1S/C8H6ClNO2/c9-8(10-12)7(11)6-4-2-1-3-5-6/h1-5,8H/t8-/m0/s1. The zero-order valence-electron chi connectivity index (χ0n) is 6.11. The molecule has 1 aromatic rings. The predicted octanol–water partition coefficient (Wildman–Crippen LogP) is 2.20. The molecule has 62 valence electrons. The van der Waals surface area contributed by atoms with Gasteiger partial charge in [0.15, 0.2) is 0 Å². The summed E-state index contributed by atoms with van der Waals surface area (Å²) in [6.45, 7) is 0. The van der Waals surface area contributed by atoms with Gasteiger partial charge < -0.3 is 0 Å². The molecule has 0 N–H and O–H groups in total. The topological polar surface area (TPSA) is 46.5 Å². The molecule has 3 nitrogen and oxygen atoms in total. The third kappa shape index (κ3) is 1.89. The Hall–Kier alpha value is -1.22. The van der Waals surface area contributed by atoms with Gasteiger partial charge >= 0.3 is 0 Å². The van der Waals surface area contributed by atoms with Crippen molar-refractivity contribution in [2.24, 2.45) is 5.18 Å². The molecule has 0 bridgehead atoms. The van der Waals surface area contributed by atoms with Crippen LogP contribution >= 0.6 is 11.6 Å². The van der Waals surface area contributed by atoms with Crippen LogP contribution in [0.25, 0.3) is 0 Å². The average molecular weight is 184 g/mol. The van der Waals surface area contributed by atoms with Gasteiger partial charge in [0, 0.05) is 5.56 Å². The van der Waals surface area contributed by atoms with Crippen molar-refractivity contribution in [1.82, 2.24) is 0 Å². The van der Waals surface area contributed by atoms with E-state index in [1.54, 1.807) is 30.3 Å². The lowest BCUT2D eigenvalue weighted by Gasteiger charge is -1.98. The quantitative estimate of drug-likeness (QED) is 0.312. The first-order valence-corrected chi connectivity index (χ1v) is 3.75. The lowest BCUT2D eigenvalue weighted by Crippen LogP contribution is -2.10. The van der Waals surface area contributed by atoms with Crippen LogP contribution < -0.4 is 0 Å². The molecular weight excluding hydrogens is 178 g/mol. The summed E-state index contributed by atoms with van der Waals surface area (Å²) in [4.78, 5) is 21.1. The zero-order valence-corrected chi connectivity index (χ0v) is 6.86. The largest absolute Gasteiger partial charge is 0.290 e. The van der Waals surface area contributed by atoms with Gasteiger partial charge in [-0.2, -0.15) is 0 Å². The minimum atomic E-state index is -1.31. The Morgan fingerprint density at radius 2 is 1.92 bits per heavy atom. The number of nitroso groups, excluding NO2 is 1. The van der Waals surface area contributed by atoms with Crippen molar-refractivity contribution >= 4 is 17.4 Å². The Morgan fingerprint density at radius 1 is 1.33 bits per heavy atom. The first-order valence-electron chi connectivity index (χ1n) is 3.31. The van der Waals surface area contributed by atoms with Crippen LogP contribution in [0.5, 0.6) is 0 Å². The van der Waals surface area contributed by atoms with Gasteiger partial charge in [-0.3, -0.25) is 4.79 Å². The van der Waals surface area contributed by atoms with Crippen LogP contribution in [0.2, 0.25) is 0 Å². The molecule has 0 saturated carbocycles. The Balaban J connectivity index is 2.85. The van der Waals surface area contributed by atoms with E-state index in [0.717, 1.165) is 0 Å². The molecule has 12 heavy (non-hydrogen) atoms. The molecule has 1 atom stereocenters. The van der Waals surface area contributed by atoms with Gasteiger partial charge in [0.1, 0.15) is 0 Å². The summed E-state index contributed by atoms with van der Waals surface area (Å²) in [5.41, 5.74) is -0.912. The second-order valence-corrected chi connectivity index (χ2v) is 2.58. The number of alkyl halides is 1. The second kappa shape index (κ2) is 3.97. The number of nitrogens with zero attached hydrogens (tertiary/aromatic N) is 1. The minimum absolute atomic E-state index is 0.400. The van der Waals surface area contributed by atoms with Crippen molar-refractivity contribution in [2.75, 3.05) is 0 Å². The van der Waals surface area contributed by atoms with E-state index in [4.69, 9.17) is 11.6 Å². The number of hydrogen-bond acceptors (Lipinski definition) is 3. The van der Waals surface area contributed by atoms with Crippen LogP contribution in [0, 0.1) is 4.91 Å². The number of Topliss-reactive ketones (excluding diaryl/α,β-unsaturated/α-hetero) is 1. The Labute approximate surface area is 74.3 Å². The molecule has 0 heterocycles. The molecule has 0 aliphatic heterocycles. The number of ketones is 1. The summed E-state index contributed by atoms with van der Waals surface area (Å²) in [6.07, 6.45) is 0. The highest BCUT2D eigenvalue weighted by Crippen LogP contribution is 2.08. The van der Waals surface area contributed by atoms with Crippen molar-refractivity contribution in [3.63, 3.8) is 0 Å². The third-order valence-corrected chi connectivity index (χ3v) is 1.65. The number of carbonyl (C=O) groups is 1. The molecule has 0 aliphatic carbocycles. The molecule has 4 heteroatoms. The summed E-state index contributed by atoms with van der Waals surface area (Å²) in [5.74, 6) is -0.465. The smallest absolute Gasteiger partial charge is 0.227 e. The highest BCUT2D eigenvalue weighted by atomic mass is 35.5. The van der Waals surface area contributed by atoms with Crippen molar-refractivity contribution < 1.29 is 4.79 Å². The maximum Gasteiger partial charge on any atom is 0.227 e. The van der Waals surface area contributed by atoms with E-state index >= 15 is 0 Å². The van der Waals surface area contributed by atoms with Gasteiger partial charge in [-0.15, -0.1) is 4.91 Å². The van der Waals surface area contributed by atoms with Gasteiger partial charge in [-0.05, 0) is 5.18 Å². The second-order valence-electron chi connectivity index (χ2n) is 2.17. The van der Waals surface area contributed by atoms with Crippen molar-refractivity contribution in [3.8, 4) is 0 Å². The number of halogens is 1. The molecule has 0 unspecified atom stereocenters. The van der Waals surface area contributed by atoms with E-state index in [2.05, 4.69) is 5.18 Å². The lowest BCUT2D eigenvalue weighted by molar-refractivity contribution is 0.0989. The van der Waals surface area contributed by atoms with Gasteiger partial charge in [0.25, 0.3) is 0 Å². The molecule has 0 amide bonds. The number of carbonyl (C=O) groups excluding carboxylic acids is 1. The molecule has 1 aromatic carbocycles. The zero-order chi connectivity index (χ0) is 8.97. The van der Waals surface area contributed by atoms with Gasteiger partial charge in [-0.25, -0.2) is 0 Å². The van der Waals surface area contributed by atoms with Crippen LogP contribution in [0.4, 0.5) is 0 Å². The van der Waals surface area contributed by atoms with Crippen LogP contribution in [-0.2, 0) is 0 Å². The monoisotopic (exact) mass is 183 g/mol. The van der Waals surface area contributed by atoms with Crippen molar-refractivity contribution in [3.05, 3.63) is 40.8 Å². The first-order chi connectivity index (χ1) is 5.75. The fourth-order valence-corrected chi connectivity index (χ4v) is 0.914. The summed E-state index contributed by atoms with van der Waals surface area (Å²) < 4.78 is 0. The highest BCUT2D eigenvalue weighted by molar-refractivity contribution is 6.33. The molecule has 0 radical (unpaired) electrons. The molecule has 0 spiro atoms. The SMILES string of the molecule is O=N[C@H](Cl)C(=O)c1ccccc1. The summed E-state index contributed by atoms with van der Waals surface area (Å²) >= 11 is 5.32. The maximum absolute atomic E-state index is 11.2. The van der Waals surface area contributed by atoms with E-state index in [1.807, 2.05) is 0 Å². The van der Waals surface area contributed by atoms with Gasteiger partial charge in [0.2, 0.25) is 11.3 Å². The summed E-state index contributed by atoms with van der Waals surface area (Å²) in [5, 5.41) is 2.43. The highest BCUT2D eigenvalue weighted by Gasteiger charge is 2.16. The Kier molecular flexibility index (Phi) is 2.94. The van der Waals surface area contributed by atoms with Crippen LogP contribution in [0.3, 0.4) is 0 Å². The van der Waals surface area contributed by atoms with Gasteiger partial charge in [0.05, 0.1) is 0 Å². The average Bonchev–Trinajstić information content (AvgIpc) is 2.17. The third-order valence-electron chi connectivity index (χ3n) is 1.37. The molecular formula is C8H6ClNO2. The van der Waals surface area contributed by atoms with Crippen LogP contribution in [0.1, 0.15) is 10.4 Å². The van der Waals surface area contributed by atoms with E-state index in [-0.39, 0.29) is 0 Å².